The lowest BCUT2D eigenvalue weighted by atomic mass is 9.96. The van der Waals surface area contributed by atoms with Crippen LogP contribution >= 0.6 is 0 Å². The zero-order valence-corrected chi connectivity index (χ0v) is 13.5. The summed E-state index contributed by atoms with van der Waals surface area (Å²) in [6, 6.07) is 0.935. The Morgan fingerprint density at radius 2 is 2.00 bits per heavy atom. The molecule has 1 saturated heterocycles. The standard InChI is InChI=1S/C14H30N2O2S/c1-4-11-19(17,18)12-10-16-9-7-6-8-14(16)13(3)15-5-2/h13-15H,4-12H2,1-3H3. The Balaban J connectivity index is 2.53. The van der Waals surface area contributed by atoms with Gasteiger partial charge >= 0.3 is 0 Å². The first-order chi connectivity index (χ1) is 9.00. The third-order valence-electron chi connectivity index (χ3n) is 3.97. The first kappa shape index (κ1) is 16.9. The number of sulfone groups is 1. The molecule has 0 amide bonds. The Hall–Kier alpha value is -0.130. The molecule has 0 saturated carbocycles. The van der Waals surface area contributed by atoms with Crippen LogP contribution in [-0.2, 0) is 9.84 Å². The predicted octanol–water partition coefficient (Wildman–Crippen LogP) is 1.66. The lowest BCUT2D eigenvalue weighted by Crippen LogP contribution is -2.52. The minimum atomic E-state index is -2.85. The third kappa shape index (κ3) is 5.79. The van der Waals surface area contributed by atoms with E-state index in [2.05, 4.69) is 24.1 Å². The highest BCUT2D eigenvalue weighted by molar-refractivity contribution is 7.91. The van der Waals surface area contributed by atoms with E-state index in [9.17, 15) is 8.42 Å². The van der Waals surface area contributed by atoms with Crippen LogP contribution in [0.5, 0.6) is 0 Å². The molecule has 4 nitrogen and oxygen atoms in total. The summed E-state index contributed by atoms with van der Waals surface area (Å²) in [5.41, 5.74) is 0. The Morgan fingerprint density at radius 1 is 1.26 bits per heavy atom. The molecule has 1 aliphatic rings. The molecule has 1 heterocycles. The number of nitrogens with zero attached hydrogens (tertiary/aromatic N) is 1. The molecule has 0 aromatic heterocycles. The van der Waals surface area contributed by atoms with Crippen LogP contribution < -0.4 is 5.32 Å². The first-order valence-electron chi connectivity index (χ1n) is 7.68. The molecule has 0 aliphatic carbocycles. The average Bonchev–Trinajstić information content (AvgIpc) is 2.37. The molecule has 0 radical (unpaired) electrons. The van der Waals surface area contributed by atoms with Gasteiger partial charge in [0.1, 0.15) is 0 Å². The van der Waals surface area contributed by atoms with Gasteiger partial charge in [-0.2, -0.15) is 0 Å². The van der Waals surface area contributed by atoms with Crippen molar-refractivity contribution in [3.05, 3.63) is 0 Å². The van der Waals surface area contributed by atoms with Crippen LogP contribution in [-0.4, -0.2) is 56.5 Å². The monoisotopic (exact) mass is 290 g/mol. The number of hydrogen-bond donors (Lipinski definition) is 1. The number of nitrogens with one attached hydrogen (secondary N) is 1. The number of rotatable bonds is 8. The van der Waals surface area contributed by atoms with Crippen LogP contribution in [0.15, 0.2) is 0 Å². The summed E-state index contributed by atoms with van der Waals surface area (Å²) in [6.07, 6.45) is 4.36. The second-order valence-electron chi connectivity index (χ2n) is 5.60. The Labute approximate surface area is 118 Å². The van der Waals surface area contributed by atoms with Gasteiger partial charge in [-0.3, -0.25) is 4.90 Å². The van der Waals surface area contributed by atoms with Crippen LogP contribution in [0.1, 0.15) is 46.5 Å². The molecule has 0 bridgehead atoms. The lowest BCUT2D eigenvalue weighted by Gasteiger charge is -2.39. The van der Waals surface area contributed by atoms with Gasteiger partial charge in [-0.05, 0) is 39.3 Å². The van der Waals surface area contributed by atoms with Crippen molar-refractivity contribution < 1.29 is 8.42 Å². The van der Waals surface area contributed by atoms with Crippen molar-refractivity contribution in [1.29, 1.82) is 0 Å². The summed E-state index contributed by atoms with van der Waals surface area (Å²) in [7, 11) is -2.85. The molecule has 19 heavy (non-hydrogen) atoms. The van der Waals surface area contributed by atoms with Gasteiger partial charge < -0.3 is 5.32 Å². The zero-order valence-electron chi connectivity index (χ0n) is 12.7. The molecule has 1 N–H and O–H groups in total. The van der Waals surface area contributed by atoms with E-state index in [1.807, 2.05) is 6.92 Å². The molecule has 1 rings (SSSR count). The highest BCUT2D eigenvalue weighted by atomic mass is 32.2. The summed E-state index contributed by atoms with van der Waals surface area (Å²) >= 11 is 0. The Morgan fingerprint density at radius 3 is 2.63 bits per heavy atom. The smallest absolute Gasteiger partial charge is 0.151 e. The molecule has 1 aliphatic heterocycles. The van der Waals surface area contributed by atoms with Crippen LogP contribution in [0.2, 0.25) is 0 Å². The fourth-order valence-electron chi connectivity index (χ4n) is 2.99. The zero-order chi connectivity index (χ0) is 14.3. The second kappa shape index (κ2) is 8.22. The van der Waals surface area contributed by atoms with E-state index in [1.165, 1.54) is 19.3 Å². The van der Waals surface area contributed by atoms with Crippen molar-refractivity contribution in [3.63, 3.8) is 0 Å². The van der Waals surface area contributed by atoms with Gasteiger partial charge in [-0.1, -0.05) is 20.3 Å². The molecule has 1 fully saturated rings. The van der Waals surface area contributed by atoms with Crippen LogP contribution in [0.25, 0.3) is 0 Å². The number of likely N-dealkylation sites (tertiary alicyclic amines) is 1. The largest absolute Gasteiger partial charge is 0.313 e. The Kier molecular flexibility index (Phi) is 7.32. The molecule has 2 atom stereocenters. The lowest BCUT2D eigenvalue weighted by molar-refractivity contribution is 0.127. The van der Waals surface area contributed by atoms with Crippen molar-refractivity contribution in [2.75, 3.05) is 31.1 Å². The topological polar surface area (TPSA) is 49.4 Å². The predicted molar refractivity (Wildman–Crippen MR) is 81.3 cm³/mol. The number of hydrogen-bond acceptors (Lipinski definition) is 4. The molecule has 5 heteroatoms. The third-order valence-corrected chi connectivity index (χ3v) is 5.81. The second-order valence-corrected chi connectivity index (χ2v) is 7.90. The van der Waals surface area contributed by atoms with E-state index in [-0.39, 0.29) is 0 Å². The minimum absolute atomic E-state index is 0.316. The maximum absolute atomic E-state index is 11.8. The number of likely N-dealkylation sites (N-methyl/N-ethyl adjacent to an activating group) is 1. The maximum atomic E-state index is 11.8. The van der Waals surface area contributed by atoms with Crippen molar-refractivity contribution >= 4 is 9.84 Å². The van der Waals surface area contributed by atoms with Gasteiger partial charge in [0.05, 0.1) is 5.75 Å². The first-order valence-corrected chi connectivity index (χ1v) is 9.50. The van der Waals surface area contributed by atoms with E-state index in [1.54, 1.807) is 0 Å². The molecule has 0 aromatic rings. The van der Waals surface area contributed by atoms with Gasteiger partial charge in [0.15, 0.2) is 9.84 Å². The van der Waals surface area contributed by atoms with E-state index in [0.717, 1.165) is 19.5 Å². The maximum Gasteiger partial charge on any atom is 0.151 e. The minimum Gasteiger partial charge on any atom is -0.313 e. The highest BCUT2D eigenvalue weighted by Gasteiger charge is 2.27. The molecule has 114 valence electrons. The van der Waals surface area contributed by atoms with Crippen molar-refractivity contribution in [3.8, 4) is 0 Å². The van der Waals surface area contributed by atoms with Crippen molar-refractivity contribution in [2.45, 2.75) is 58.5 Å². The summed E-state index contributed by atoms with van der Waals surface area (Å²) in [5.74, 6) is 0.643. The van der Waals surface area contributed by atoms with E-state index in [4.69, 9.17) is 0 Å². The SMILES string of the molecule is CCCS(=O)(=O)CCN1CCCCC1C(C)NCC. The van der Waals surface area contributed by atoms with Gasteiger partial charge in [0, 0.05) is 24.4 Å². The van der Waals surface area contributed by atoms with Crippen molar-refractivity contribution in [1.82, 2.24) is 10.2 Å². The summed E-state index contributed by atoms with van der Waals surface area (Å²) in [6.45, 7) is 8.97. The highest BCUT2D eigenvalue weighted by Crippen LogP contribution is 2.19. The van der Waals surface area contributed by atoms with E-state index >= 15 is 0 Å². The van der Waals surface area contributed by atoms with Crippen LogP contribution in [0.3, 0.4) is 0 Å². The van der Waals surface area contributed by atoms with Crippen molar-refractivity contribution in [2.24, 2.45) is 0 Å². The molecule has 0 aromatic carbocycles. The van der Waals surface area contributed by atoms with Gasteiger partial charge in [-0.15, -0.1) is 0 Å². The normalized spacial score (nSPS) is 23.4. The molecule has 2 unspecified atom stereocenters. The summed E-state index contributed by atoms with van der Waals surface area (Å²) < 4.78 is 23.7. The van der Waals surface area contributed by atoms with Gasteiger partial charge in [-0.25, -0.2) is 8.42 Å². The van der Waals surface area contributed by atoms with E-state index in [0.29, 0.717) is 30.1 Å². The average molecular weight is 290 g/mol. The number of piperidine rings is 1. The quantitative estimate of drug-likeness (QED) is 0.739. The van der Waals surface area contributed by atoms with E-state index < -0.39 is 9.84 Å². The molecular weight excluding hydrogens is 260 g/mol. The fraction of sp³-hybridized carbons (Fsp3) is 1.00. The summed E-state index contributed by atoms with van der Waals surface area (Å²) in [5, 5.41) is 3.48. The Bertz CT molecular complexity index is 343. The van der Waals surface area contributed by atoms with Gasteiger partial charge in [0.25, 0.3) is 0 Å². The molecule has 0 spiro atoms. The fourth-order valence-corrected chi connectivity index (χ4v) is 4.33. The van der Waals surface area contributed by atoms with Gasteiger partial charge in [0.2, 0.25) is 0 Å². The summed E-state index contributed by atoms with van der Waals surface area (Å²) in [4.78, 5) is 2.38. The van der Waals surface area contributed by atoms with Crippen LogP contribution in [0.4, 0.5) is 0 Å². The molecular formula is C14H30N2O2S. The van der Waals surface area contributed by atoms with Crippen LogP contribution in [0, 0.1) is 0 Å².